The molecule has 0 saturated heterocycles. The van der Waals surface area contributed by atoms with E-state index in [9.17, 15) is 13.2 Å². The molecule has 1 aromatic rings. The Labute approximate surface area is 122 Å². The fourth-order valence-electron chi connectivity index (χ4n) is 2.46. The van der Waals surface area contributed by atoms with Crippen LogP contribution in [0.2, 0.25) is 0 Å². The third kappa shape index (κ3) is 5.36. The summed E-state index contributed by atoms with van der Waals surface area (Å²) < 4.78 is 46.8. The van der Waals surface area contributed by atoms with E-state index >= 15 is 0 Å². The molecular formula is C15H20F3NO2. The van der Waals surface area contributed by atoms with Gasteiger partial charge in [-0.3, -0.25) is 0 Å². The molecule has 2 rings (SSSR count). The van der Waals surface area contributed by atoms with Crippen molar-refractivity contribution in [2.24, 2.45) is 5.92 Å². The van der Waals surface area contributed by atoms with Crippen molar-refractivity contribution in [3.63, 3.8) is 0 Å². The van der Waals surface area contributed by atoms with E-state index in [0.717, 1.165) is 12.8 Å². The van der Waals surface area contributed by atoms with Crippen LogP contribution in [0.3, 0.4) is 0 Å². The minimum Gasteiger partial charge on any atom is -0.491 e. The molecule has 2 N–H and O–H groups in total. The monoisotopic (exact) mass is 303 g/mol. The Morgan fingerprint density at radius 1 is 1.10 bits per heavy atom. The third-order valence-corrected chi connectivity index (χ3v) is 3.59. The van der Waals surface area contributed by atoms with Gasteiger partial charge in [-0.15, -0.1) is 0 Å². The van der Waals surface area contributed by atoms with Gasteiger partial charge in [0.25, 0.3) is 0 Å². The van der Waals surface area contributed by atoms with Crippen LogP contribution in [0.4, 0.5) is 18.9 Å². The van der Waals surface area contributed by atoms with E-state index in [-0.39, 0.29) is 5.75 Å². The molecule has 1 saturated carbocycles. The summed E-state index contributed by atoms with van der Waals surface area (Å²) in [6.07, 6.45) is 1.58. The van der Waals surface area contributed by atoms with E-state index < -0.39 is 12.8 Å². The molecule has 0 heterocycles. The fraction of sp³-hybridized carbons (Fsp3) is 0.600. The fourth-order valence-corrected chi connectivity index (χ4v) is 2.46. The van der Waals surface area contributed by atoms with E-state index in [1.165, 1.54) is 37.5 Å². The summed E-state index contributed by atoms with van der Waals surface area (Å²) in [5.74, 6) is 0.998. The van der Waals surface area contributed by atoms with Crippen LogP contribution in [0.5, 0.6) is 11.5 Å². The molecular weight excluding hydrogens is 283 g/mol. The molecule has 0 amide bonds. The molecule has 1 aromatic carbocycles. The van der Waals surface area contributed by atoms with Crippen LogP contribution in [-0.2, 0) is 0 Å². The summed E-state index contributed by atoms with van der Waals surface area (Å²) >= 11 is 0. The molecule has 0 atom stereocenters. The van der Waals surface area contributed by atoms with Crippen LogP contribution in [0.25, 0.3) is 0 Å². The average molecular weight is 303 g/mol. The molecule has 1 fully saturated rings. The number of benzene rings is 1. The van der Waals surface area contributed by atoms with Crippen LogP contribution in [-0.4, -0.2) is 19.4 Å². The van der Waals surface area contributed by atoms with Gasteiger partial charge in [-0.05, 0) is 30.9 Å². The van der Waals surface area contributed by atoms with Crippen molar-refractivity contribution < 1.29 is 22.6 Å². The van der Waals surface area contributed by atoms with Crippen molar-refractivity contribution in [3.8, 4) is 11.5 Å². The van der Waals surface area contributed by atoms with Crippen molar-refractivity contribution in [2.75, 3.05) is 18.9 Å². The summed E-state index contributed by atoms with van der Waals surface area (Å²) in [4.78, 5) is 0. The highest BCUT2D eigenvalue weighted by atomic mass is 19.4. The van der Waals surface area contributed by atoms with E-state index in [2.05, 4.69) is 0 Å². The zero-order valence-electron chi connectivity index (χ0n) is 11.8. The van der Waals surface area contributed by atoms with Gasteiger partial charge in [-0.25, -0.2) is 0 Å². The van der Waals surface area contributed by atoms with Gasteiger partial charge in [-0.1, -0.05) is 19.3 Å². The maximum atomic E-state index is 12.1. The Bertz CT molecular complexity index is 457. The van der Waals surface area contributed by atoms with Gasteiger partial charge in [0.2, 0.25) is 0 Å². The first-order valence-electron chi connectivity index (χ1n) is 7.16. The van der Waals surface area contributed by atoms with Crippen molar-refractivity contribution in [2.45, 2.75) is 38.3 Å². The van der Waals surface area contributed by atoms with Gasteiger partial charge in [0.05, 0.1) is 12.3 Å². The Kier molecular flexibility index (Phi) is 5.20. The third-order valence-electron chi connectivity index (χ3n) is 3.59. The number of ether oxygens (including phenoxy) is 2. The zero-order valence-corrected chi connectivity index (χ0v) is 11.8. The van der Waals surface area contributed by atoms with Crippen molar-refractivity contribution in [3.05, 3.63) is 18.2 Å². The molecule has 0 aromatic heterocycles. The molecule has 1 aliphatic carbocycles. The van der Waals surface area contributed by atoms with E-state index in [1.54, 1.807) is 0 Å². The molecule has 118 valence electrons. The van der Waals surface area contributed by atoms with Gasteiger partial charge in [0.1, 0.15) is 11.5 Å². The number of rotatable bonds is 5. The predicted octanol–water partition coefficient (Wildman–Crippen LogP) is 4.17. The predicted molar refractivity (Wildman–Crippen MR) is 74.5 cm³/mol. The van der Waals surface area contributed by atoms with Crippen molar-refractivity contribution in [1.29, 1.82) is 0 Å². The first-order chi connectivity index (χ1) is 9.94. The standard InChI is InChI=1S/C15H20F3NO2/c16-15(17,18)10-21-12-6-7-13(19)14(8-12)20-9-11-4-2-1-3-5-11/h6-8,11H,1-5,9-10,19H2. The van der Waals surface area contributed by atoms with E-state index in [0.29, 0.717) is 24.0 Å². The summed E-state index contributed by atoms with van der Waals surface area (Å²) in [5.41, 5.74) is 6.19. The quantitative estimate of drug-likeness (QED) is 0.830. The Balaban J connectivity index is 1.91. The topological polar surface area (TPSA) is 44.5 Å². The van der Waals surface area contributed by atoms with Gasteiger partial charge in [-0.2, -0.15) is 13.2 Å². The summed E-state index contributed by atoms with van der Waals surface area (Å²) in [7, 11) is 0. The maximum absolute atomic E-state index is 12.1. The van der Waals surface area contributed by atoms with Gasteiger partial charge >= 0.3 is 6.18 Å². The van der Waals surface area contributed by atoms with Crippen molar-refractivity contribution in [1.82, 2.24) is 0 Å². The Morgan fingerprint density at radius 3 is 2.48 bits per heavy atom. The van der Waals surface area contributed by atoms with Gasteiger partial charge in [0, 0.05) is 6.07 Å². The lowest BCUT2D eigenvalue weighted by Crippen LogP contribution is -2.19. The number of alkyl halides is 3. The van der Waals surface area contributed by atoms with E-state index in [1.807, 2.05) is 0 Å². The zero-order chi connectivity index (χ0) is 15.3. The minimum absolute atomic E-state index is 0.111. The van der Waals surface area contributed by atoms with Crippen LogP contribution in [0.15, 0.2) is 18.2 Å². The highest BCUT2D eigenvalue weighted by Crippen LogP contribution is 2.30. The number of hydrogen-bond donors (Lipinski definition) is 1. The normalized spacial score (nSPS) is 16.7. The smallest absolute Gasteiger partial charge is 0.422 e. The van der Waals surface area contributed by atoms with Gasteiger partial charge in [0.15, 0.2) is 6.61 Å². The van der Waals surface area contributed by atoms with Crippen LogP contribution in [0, 0.1) is 5.92 Å². The van der Waals surface area contributed by atoms with Crippen LogP contribution < -0.4 is 15.2 Å². The molecule has 3 nitrogen and oxygen atoms in total. The second kappa shape index (κ2) is 6.91. The molecule has 1 aliphatic rings. The molecule has 0 aliphatic heterocycles. The summed E-state index contributed by atoms with van der Waals surface area (Å²) in [5, 5.41) is 0. The first kappa shape index (κ1) is 15.8. The van der Waals surface area contributed by atoms with Crippen molar-refractivity contribution >= 4 is 5.69 Å². The van der Waals surface area contributed by atoms with Crippen LogP contribution in [0.1, 0.15) is 32.1 Å². The molecule has 6 heteroatoms. The second-order valence-corrected chi connectivity index (χ2v) is 5.42. The number of halogens is 3. The SMILES string of the molecule is Nc1ccc(OCC(F)(F)F)cc1OCC1CCCCC1. The van der Waals surface area contributed by atoms with E-state index in [4.69, 9.17) is 15.2 Å². The number of nitrogen functional groups attached to an aromatic ring is 1. The summed E-state index contributed by atoms with van der Waals surface area (Å²) in [6.45, 7) is -0.772. The molecule has 0 unspecified atom stereocenters. The minimum atomic E-state index is -4.36. The molecule has 0 radical (unpaired) electrons. The molecule has 0 spiro atoms. The Morgan fingerprint density at radius 2 is 1.81 bits per heavy atom. The number of nitrogens with two attached hydrogens (primary N) is 1. The first-order valence-corrected chi connectivity index (χ1v) is 7.16. The maximum Gasteiger partial charge on any atom is 0.422 e. The number of anilines is 1. The molecule has 21 heavy (non-hydrogen) atoms. The highest BCUT2D eigenvalue weighted by Gasteiger charge is 2.28. The van der Waals surface area contributed by atoms with Gasteiger partial charge < -0.3 is 15.2 Å². The lowest BCUT2D eigenvalue weighted by Gasteiger charge is -2.22. The Hall–Kier alpha value is -1.59. The average Bonchev–Trinajstić information content (AvgIpc) is 2.45. The lowest BCUT2D eigenvalue weighted by atomic mass is 9.90. The largest absolute Gasteiger partial charge is 0.491 e. The number of hydrogen-bond acceptors (Lipinski definition) is 3. The molecule has 0 bridgehead atoms. The lowest BCUT2D eigenvalue weighted by molar-refractivity contribution is -0.153. The second-order valence-electron chi connectivity index (χ2n) is 5.42. The highest BCUT2D eigenvalue weighted by molar-refractivity contribution is 5.55. The van der Waals surface area contributed by atoms with Crippen LogP contribution >= 0.6 is 0 Å². The summed E-state index contributed by atoms with van der Waals surface area (Å²) in [6, 6.07) is 4.33.